The molecule has 2 heterocycles. The Kier molecular flexibility index (Phi) is 3.87. The van der Waals surface area contributed by atoms with Crippen LogP contribution in [-0.4, -0.2) is 49.3 Å². The van der Waals surface area contributed by atoms with Gasteiger partial charge in [0.05, 0.1) is 11.5 Å². The van der Waals surface area contributed by atoms with Crippen molar-refractivity contribution in [3.8, 4) is 0 Å². The van der Waals surface area contributed by atoms with Crippen molar-refractivity contribution in [1.82, 2.24) is 4.90 Å². The third-order valence-electron chi connectivity index (χ3n) is 5.30. The molecule has 0 aromatic heterocycles. The zero-order valence-corrected chi connectivity index (χ0v) is 13.6. The standard InChI is InChI=1S/C17H27NO3/c1-11-6-5-9-17(2)15(21-17)14-12(8-7-11)13(10-18(3)4)16(19)20-14/h6,12-15H,5,7-10H2,1-4H3/b11-6-/t12-,13-,14-,15+,17+/m0/s1. The minimum atomic E-state index is -0.0929. The molecule has 2 fully saturated rings. The van der Waals surface area contributed by atoms with Crippen molar-refractivity contribution in [1.29, 1.82) is 0 Å². The Morgan fingerprint density at radius 3 is 2.90 bits per heavy atom. The largest absolute Gasteiger partial charge is 0.459 e. The molecule has 21 heavy (non-hydrogen) atoms. The van der Waals surface area contributed by atoms with E-state index in [1.165, 1.54) is 5.57 Å². The maximum atomic E-state index is 12.3. The van der Waals surface area contributed by atoms with Crippen LogP contribution in [0, 0.1) is 11.8 Å². The lowest BCUT2D eigenvalue weighted by Crippen LogP contribution is -2.34. The van der Waals surface area contributed by atoms with E-state index in [2.05, 4.69) is 24.8 Å². The molecule has 2 saturated heterocycles. The fourth-order valence-electron chi connectivity index (χ4n) is 3.94. The molecule has 2 aliphatic heterocycles. The number of fused-ring (bicyclic) bond motifs is 3. The number of carbonyl (C=O) groups excluding carboxylic acids is 1. The SMILES string of the molecule is C/C1=C/CC[C@@]2(C)O[C@@H]2[C@H]2OC(=O)[C@@H](CN(C)C)[C@@H]2CC1. The molecule has 5 atom stereocenters. The summed E-state index contributed by atoms with van der Waals surface area (Å²) in [5, 5.41) is 0. The smallest absolute Gasteiger partial charge is 0.311 e. The van der Waals surface area contributed by atoms with Gasteiger partial charge in [0.1, 0.15) is 12.2 Å². The van der Waals surface area contributed by atoms with Crippen LogP contribution in [0.15, 0.2) is 11.6 Å². The van der Waals surface area contributed by atoms with E-state index in [1.807, 2.05) is 14.1 Å². The lowest BCUT2D eigenvalue weighted by Gasteiger charge is -2.23. The first-order valence-corrected chi connectivity index (χ1v) is 8.09. The first-order valence-electron chi connectivity index (χ1n) is 8.09. The Morgan fingerprint density at radius 2 is 2.19 bits per heavy atom. The molecule has 3 rings (SSSR count). The Balaban J connectivity index is 1.83. The molecule has 3 aliphatic rings. The van der Waals surface area contributed by atoms with E-state index in [9.17, 15) is 4.79 Å². The molecule has 0 unspecified atom stereocenters. The van der Waals surface area contributed by atoms with Gasteiger partial charge < -0.3 is 14.4 Å². The number of hydrogen-bond acceptors (Lipinski definition) is 4. The van der Waals surface area contributed by atoms with Gasteiger partial charge >= 0.3 is 5.97 Å². The third-order valence-corrected chi connectivity index (χ3v) is 5.30. The van der Waals surface area contributed by atoms with Gasteiger partial charge in [-0.15, -0.1) is 0 Å². The van der Waals surface area contributed by atoms with E-state index >= 15 is 0 Å². The van der Waals surface area contributed by atoms with Crippen LogP contribution in [0.4, 0.5) is 0 Å². The summed E-state index contributed by atoms with van der Waals surface area (Å²) in [5.74, 6) is 0.247. The Labute approximate surface area is 127 Å². The van der Waals surface area contributed by atoms with Crippen molar-refractivity contribution >= 4 is 5.97 Å². The molecule has 118 valence electrons. The molecule has 0 bridgehead atoms. The number of esters is 1. The topological polar surface area (TPSA) is 42.1 Å². The molecule has 1 aliphatic carbocycles. The average molecular weight is 293 g/mol. The summed E-state index contributed by atoms with van der Waals surface area (Å²) in [7, 11) is 4.04. The van der Waals surface area contributed by atoms with Crippen molar-refractivity contribution in [2.24, 2.45) is 11.8 Å². The summed E-state index contributed by atoms with van der Waals surface area (Å²) in [6, 6.07) is 0. The van der Waals surface area contributed by atoms with Crippen molar-refractivity contribution in [3.63, 3.8) is 0 Å². The highest BCUT2D eigenvalue weighted by molar-refractivity contribution is 5.75. The van der Waals surface area contributed by atoms with Gasteiger partial charge in [-0.25, -0.2) is 0 Å². The minimum absolute atomic E-state index is 0.00863. The number of ether oxygens (including phenoxy) is 2. The summed E-state index contributed by atoms with van der Waals surface area (Å²) < 4.78 is 11.7. The maximum absolute atomic E-state index is 12.3. The van der Waals surface area contributed by atoms with Gasteiger partial charge in [0.25, 0.3) is 0 Å². The zero-order chi connectivity index (χ0) is 15.2. The lowest BCUT2D eigenvalue weighted by molar-refractivity contribution is -0.145. The molecule has 4 heteroatoms. The molecule has 0 saturated carbocycles. The maximum Gasteiger partial charge on any atom is 0.311 e. The second kappa shape index (κ2) is 5.40. The van der Waals surface area contributed by atoms with Crippen LogP contribution in [0.25, 0.3) is 0 Å². The van der Waals surface area contributed by atoms with E-state index < -0.39 is 0 Å². The number of hydrogen-bond donors (Lipinski definition) is 0. The van der Waals surface area contributed by atoms with Gasteiger partial charge in [0.2, 0.25) is 0 Å². The van der Waals surface area contributed by atoms with Crippen LogP contribution in [0.5, 0.6) is 0 Å². The Hall–Kier alpha value is -0.870. The van der Waals surface area contributed by atoms with Gasteiger partial charge in [-0.1, -0.05) is 11.6 Å². The van der Waals surface area contributed by atoms with Crippen molar-refractivity contribution < 1.29 is 14.3 Å². The first-order chi connectivity index (χ1) is 9.90. The number of nitrogens with zero attached hydrogens (tertiary/aromatic N) is 1. The first kappa shape index (κ1) is 15.0. The van der Waals surface area contributed by atoms with Crippen LogP contribution in [0.3, 0.4) is 0 Å². The van der Waals surface area contributed by atoms with E-state index in [4.69, 9.17) is 9.47 Å². The van der Waals surface area contributed by atoms with Gasteiger partial charge in [-0.2, -0.15) is 0 Å². The van der Waals surface area contributed by atoms with Crippen LogP contribution < -0.4 is 0 Å². The number of epoxide rings is 1. The van der Waals surface area contributed by atoms with Gasteiger partial charge in [0, 0.05) is 12.5 Å². The molecule has 0 amide bonds. The van der Waals surface area contributed by atoms with Crippen LogP contribution in [0.1, 0.15) is 39.5 Å². The van der Waals surface area contributed by atoms with Crippen molar-refractivity contribution in [3.05, 3.63) is 11.6 Å². The van der Waals surface area contributed by atoms with E-state index in [1.54, 1.807) is 0 Å². The summed E-state index contributed by atoms with van der Waals surface area (Å²) in [6.07, 6.45) is 6.56. The highest BCUT2D eigenvalue weighted by Crippen LogP contribution is 2.50. The predicted molar refractivity (Wildman–Crippen MR) is 80.9 cm³/mol. The quantitative estimate of drug-likeness (QED) is 0.445. The number of rotatable bonds is 2. The van der Waals surface area contributed by atoms with Crippen LogP contribution in [-0.2, 0) is 14.3 Å². The van der Waals surface area contributed by atoms with E-state index in [0.717, 1.165) is 32.2 Å². The number of allylic oxidation sites excluding steroid dienone is 2. The Morgan fingerprint density at radius 1 is 1.43 bits per heavy atom. The molecule has 0 aromatic carbocycles. The predicted octanol–water partition coefficient (Wildman–Crippen LogP) is 2.38. The lowest BCUT2D eigenvalue weighted by atomic mass is 9.80. The molecule has 0 spiro atoms. The summed E-state index contributed by atoms with van der Waals surface area (Å²) >= 11 is 0. The van der Waals surface area contributed by atoms with Crippen molar-refractivity contribution in [2.45, 2.75) is 57.3 Å². The number of carbonyl (C=O) groups is 1. The highest BCUT2D eigenvalue weighted by atomic mass is 16.6. The van der Waals surface area contributed by atoms with E-state index in [-0.39, 0.29) is 35.6 Å². The van der Waals surface area contributed by atoms with E-state index in [0.29, 0.717) is 0 Å². The third kappa shape index (κ3) is 2.88. The molecular weight excluding hydrogens is 266 g/mol. The van der Waals surface area contributed by atoms with Gasteiger partial charge in [0.15, 0.2) is 0 Å². The Bertz CT molecular complexity index is 459. The second-order valence-corrected chi connectivity index (χ2v) is 7.41. The molecule has 0 aromatic rings. The molecular formula is C17H27NO3. The average Bonchev–Trinajstić information content (AvgIpc) is 2.97. The molecule has 4 nitrogen and oxygen atoms in total. The normalized spacial score (nSPS) is 45.4. The summed E-state index contributed by atoms with van der Waals surface area (Å²) in [4.78, 5) is 14.4. The van der Waals surface area contributed by atoms with Crippen LogP contribution >= 0.6 is 0 Å². The van der Waals surface area contributed by atoms with Crippen LogP contribution in [0.2, 0.25) is 0 Å². The monoisotopic (exact) mass is 293 g/mol. The summed E-state index contributed by atoms with van der Waals surface area (Å²) in [6.45, 7) is 5.13. The zero-order valence-electron chi connectivity index (χ0n) is 13.6. The second-order valence-electron chi connectivity index (χ2n) is 7.41. The fraction of sp³-hybridized carbons (Fsp3) is 0.824. The molecule has 0 radical (unpaired) electrons. The van der Waals surface area contributed by atoms with Gasteiger partial charge in [-0.05, 0) is 53.6 Å². The minimum Gasteiger partial charge on any atom is -0.459 e. The molecule has 0 N–H and O–H groups in total. The van der Waals surface area contributed by atoms with Gasteiger partial charge in [-0.3, -0.25) is 4.79 Å². The fourth-order valence-corrected chi connectivity index (χ4v) is 3.94. The summed E-state index contributed by atoms with van der Waals surface area (Å²) in [5.41, 5.74) is 1.34. The van der Waals surface area contributed by atoms with Crippen molar-refractivity contribution in [2.75, 3.05) is 20.6 Å². The highest BCUT2D eigenvalue weighted by Gasteiger charge is 2.62.